The Labute approximate surface area is 213 Å². The molecule has 7 atom stereocenters. The van der Waals surface area contributed by atoms with Crippen LogP contribution in [0.1, 0.15) is 25.8 Å². The van der Waals surface area contributed by atoms with Gasteiger partial charge in [-0.3, -0.25) is 19.2 Å². The quantitative estimate of drug-likeness (QED) is 0.163. The number of β-amino-alcohol motifs (C(OH)–C–C–N with tert-alkyl or cyclic N) is 1. The molecule has 1 aliphatic heterocycles. The average molecular weight is 519 g/mol. The van der Waals surface area contributed by atoms with Crippen LogP contribution in [0.25, 0.3) is 10.9 Å². The fraction of sp³-hybridized carbons (Fsp3) is 0.500. The summed E-state index contributed by atoms with van der Waals surface area (Å²) in [4.78, 5) is 56.1. The van der Waals surface area contributed by atoms with Crippen molar-refractivity contribution in [1.29, 1.82) is 0 Å². The van der Waals surface area contributed by atoms with Crippen LogP contribution in [0.4, 0.5) is 0 Å². The molecule has 0 aliphatic carbocycles. The smallest absolute Gasteiger partial charge is 0.244 e. The number of aliphatic hydroxyl groups is 3. The van der Waals surface area contributed by atoms with E-state index in [9.17, 15) is 34.5 Å². The summed E-state index contributed by atoms with van der Waals surface area (Å²) in [6.45, 7) is 2.18. The number of aromatic amines is 1. The lowest BCUT2D eigenvalue weighted by molar-refractivity contribution is -0.153. The van der Waals surface area contributed by atoms with Gasteiger partial charge in [0.2, 0.25) is 23.6 Å². The Bertz CT molecular complexity index is 1180. The van der Waals surface area contributed by atoms with Crippen LogP contribution in [0.2, 0.25) is 0 Å². The molecule has 2 unspecified atom stereocenters. The largest absolute Gasteiger partial charge is 0.391 e. The lowest BCUT2D eigenvalue weighted by Gasteiger charge is -2.42. The Hall–Kier alpha value is -3.52. The van der Waals surface area contributed by atoms with Crippen molar-refractivity contribution in [2.24, 2.45) is 23.1 Å². The Morgan fingerprint density at radius 3 is 2.38 bits per heavy atom. The zero-order chi connectivity index (χ0) is 27.7. The number of rotatable bonds is 10. The van der Waals surface area contributed by atoms with Crippen LogP contribution >= 0.6 is 0 Å². The molecule has 13 heteroatoms. The zero-order valence-electron chi connectivity index (χ0n) is 20.6. The maximum Gasteiger partial charge on any atom is 0.244 e. The van der Waals surface area contributed by atoms with Crippen LogP contribution in [0.5, 0.6) is 0 Å². The van der Waals surface area contributed by atoms with E-state index in [0.29, 0.717) is 5.56 Å². The van der Waals surface area contributed by atoms with Crippen molar-refractivity contribution in [3.05, 3.63) is 36.0 Å². The van der Waals surface area contributed by atoms with Gasteiger partial charge in [0.05, 0.1) is 24.2 Å². The van der Waals surface area contributed by atoms with Crippen molar-refractivity contribution in [3.63, 3.8) is 0 Å². The number of nitrogens with two attached hydrogens (primary N) is 3. The number of likely N-dealkylation sites (tertiary alicyclic amines) is 1. The standard InChI is InChI=1S/C24H34N6O7/c1-11(31)18(25)22(36)30-10-14(33)8-24(30,23(27)37)16(21(35)29-19(12(2)32)20(26)34)7-13-9-28-17-6-4-3-5-15(13)17/h3-6,9,11-12,14,16,18-19,28,31-33H,7-8,10,25H2,1-2H3,(H2,26,34)(H2,27,37)(H,29,35)/t11-,12-,14?,16-,18+,19+,24?/m1/s1. The third kappa shape index (κ3) is 5.30. The van der Waals surface area contributed by atoms with Crippen molar-refractivity contribution in [2.75, 3.05) is 6.54 Å². The third-order valence-corrected chi connectivity index (χ3v) is 7.00. The van der Waals surface area contributed by atoms with Crippen molar-refractivity contribution >= 4 is 34.5 Å². The van der Waals surface area contributed by atoms with Gasteiger partial charge in [0.25, 0.3) is 0 Å². The molecule has 1 aliphatic rings. The average Bonchev–Trinajstić information content (AvgIpc) is 3.40. The predicted molar refractivity (Wildman–Crippen MR) is 132 cm³/mol. The van der Waals surface area contributed by atoms with E-state index >= 15 is 0 Å². The summed E-state index contributed by atoms with van der Waals surface area (Å²) in [6.07, 6.45) is -2.80. The number of nitrogens with one attached hydrogen (secondary N) is 2. The second kappa shape index (κ2) is 10.8. The van der Waals surface area contributed by atoms with E-state index in [2.05, 4.69) is 10.3 Å². The van der Waals surface area contributed by atoms with Crippen molar-refractivity contribution in [1.82, 2.24) is 15.2 Å². The summed E-state index contributed by atoms with van der Waals surface area (Å²) in [5, 5.41) is 33.6. The van der Waals surface area contributed by atoms with E-state index in [-0.39, 0.29) is 13.0 Å². The van der Waals surface area contributed by atoms with Crippen LogP contribution in [-0.2, 0) is 25.6 Å². The van der Waals surface area contributed by atoms with Crippen LogP contribution in [0, 0.1) is 5.92 Å². The fourth-order valence-electron chi connectivity index (χ4n) is 5.00. The monoisotopic (exact) mass is 518 g/mol. The normalized spacial score (nSPS) is 23.7. The molecule has 13 nitrogen and oxygen atoms in total. The minimum absolute atomic E-state index is 0.148. The molecule has 0 radical (unpaired) electrons. The number of primary amides is 2. The highest BCUT2D eigenvalue weighted by molar-refractivity contribution is 5.99. The van der Waals surface area contributed by atoms with Crippen molar-refractivity contribution in [3.8, 4) is 0 Å². The zero-order valence-corrected chi connectivity index (χ0v) is 20.6. The molecule has 1 fully saturated rings. The first kappa shape index (κ1) is 28.1. The number of hydrogen-bond donors (Lipinski definition) is 8. The molecule has 0 spiro atoms. The number of amides is 4. The van der Waals surface area contributed by atoms with Gasteiger partial charge in [-0.1, -0.05) is 18.2 Å². The first-order valence-electron chi connectivity index (χ1n) is 11.9. The number of H-pyrrole nitrogens is 1. The number of aromatic nitrogens is 1. The Morgan fingerprint density at radius 2 is 1.81 bits per heavy atom. The molecule has 1 saturated heterocycles. The minimum Gasteiger partial charge on any atom is -0.391 e. The molecule has 2 heterocycles. The molecular formula is C24H34N6O7. The molecule has 2 aromatic rings. The number of nitrogens with zero attached hydrogens (tertiary/aromatic N) is 1. The number of carbonyl (C=O) groups excluding carboxylic acids is 4. The van der Waals surface area contributed by atoms with Crippen LogP contribution in [0.15, 0.2) is 30.5 Å². The van der Waals surface area contributed by atoms with E-state index < -0.39 is 71.9 Å². The fourth-order valence-corrected chi connectivity index (χ4v) is 5.00. The number of benzene rings is 1. The van der Waals surface area contributed by atoms with Gasteiger partial charge in [-0.15, -0.1) is 0 Å². The van der Waals surface area contributed by atoms with Gasteiger partial charge in [0.15, 0.2) is 0 Å². The molecule has 1 aromatic carbocycles. The van der Waals surface area contributed by atoms with E-state index in [0.717, 1.165) is 15.8 Å². The summed E-state index contributed by atoms with van der Waals surface area (Å²) < 4.78 is 0. The molecule has 1 aromatic heterocycles. The second-order valence-electron chi connectivity index (χ2n) is 9.61. The van der Waals surface area contributed by atoms with E-state index in [1.807, 2.05) is 12.1 Å². The number of aliphatic hydroxyl groups excluding tert-OH is 3. The van der Waals surface area contributed by atoms with Crippen LogP contribution in [-0.4, -0.2) is 91.3 Å². The molecule has 0 bridgehead atoms. The summed E-state index contributed by atoms with van der Waals surface area (Å²) in [5.74, 6) is -5.32. The number of hydrogen-bond acceptors (Lipinski definition) is 8. The highest BCUT2D eigenvalue weighted by atomic mass is 16.3. The van der Waals surface area contributed by atoms with Crippen molar-refractivity contribution in [2.45, 2.75) is 62.6 Å². The topological polar surface area (TPSA) is 238 Å². The van der Waals surface area contributed by atoms with Gasteiger partial charge < -0.3 is 47.7 Å². The number of para-hydroxylation sites is 1. The predicted octanol–water partition coefficient (Wildman–Crippen LogP) is -2.80. The third-order valence-electron chi connectivity index (χ3n) is 7.00. The van der Waals surface area contributed by atoms with Gasteiger partial charge in [0, 0.05) is 30.1 Å². The van der Waals surface area contributed by atoms with Gasteiger partial charge in [-0.2, -0.15) is 0 Å². The molecule has 11 N–H and O–H groups in total. The Morgan fingerprint density at radius 1 is 1.16 bits per heavy atom. The van der Waals surface area contributed by atoms with Crippen LogP contribution < -0.4 is 22.5 Å². The van der Waals surface area contributed by atoms with Gasteiger partial charge in [-0.25, -0.2) is 0 Å². The number of carbonyl (C=O) groups is 4. The Kier molecular flexibility index (Phi) is 8.22. The number of fused-ring (bicyclic) bond motifs is 1. The lowest BCUT2D eigenvalue weighted by Crippen LogP contribution is -2.67. The lowest BCUT2D eigenvalue weighted by atomic mass is 9.75. The van der Waals surface area contributed by atoms with Crippen LogP contribution in [0.3, 0.4) is 0 Å². The highest BCUT2D eigenvalue weighted by Crippen LogP contribution is 2.40. The van der Waals surface area contributed by atoms with Gasteiger partial charge in [-0.05, 0) is 31.9 Å². The van der Waals surface area contributed by atoms with E-state index in [1.54, 1.807) is 18.3 Å². The highest BCUT2D eigenvalue weighted by Gasteiger charge is 2.59. The van der Waals surface area contributed by atoms with E-state index in [1.165, 1.54) is 13.8 Å². The molecule has 4 amide bonds. The SMILES string of the molecule is C[C@@H](O)[C@H](N)C(=O)N1CC(O)CC1(C(N)=O)[C@H](Cc1c[nH]c2ccccc12)C(=O)N[C@H](C(N)=O)[C@@H](C)O. The summed E-state index contributed by atoms with van der Waals surface area (Å²) >= 11 is 0. The second-order valence-corrected chi connectivity index (χ2v) is 9.61. The van der Waals surface area contributed by atoms with E-state index in [4.69, 9.17) is 17.2 Å². The maximum atomic E-state index is 13.8. The molecule has 37 heavy (non-hydrogen) atoms. The first-order valence-corrected chi connectivity index (χ1v) is 11.9. The molecule has 0 saturated carbocycles. The molecule has 3 rings (SSSR count). The molecular weight excluding hydrogens is 484 g/mol. The molecule has 202 valence electrons. The summed E-state index contributed by atoms with van der Waals surface area (Å²) in [5.41, 5.74) is 16.4. The minimum atomic E-state index is -2.08. The summed E-state index contributed by atoms with van der Waals surface area (Å²) in [6, 6.07) is 4.24. The Balaban J connectivity index is 2.17. The maximum absolute atomic E-state index is 13.8. The van der Waals surface area contributed by atoms with Gasteiger partial charge >= 0.3 is 0 Å². The van der Waals surface area contributed by atoms with Gasteiger partial charge in [0.1, 0.15) is 17.6 Å². The van der Waals surface area contributed by atoms with Crippen molar-refractivity contribution < 1.29 is 34.5 Å². The summed E-state index contributed by atoms with van der Waals surface area (Å²) in [7, 11) is 0. The first-order chi connectivity index (χ1) is 17.3.